The minimum absolute atomic E-state index is 0.0720. The highest BCUT2D eigenvalue weighted by atomic mass is 16.5. The van der Waals surface area contributed by atoms with Crippen LogP contribution in [0.5, 0.6) is 6.01 Å². The maximum atomic E-state index is 12.5. The number of nitrogen functional groups attached to an aromatic ring is 1. The summed E-state index contributed by atoms with van der Waals surface area (Å²) < 4.78 is 5.51. The number of nitrogens with two attached hydrogens (primary N) is 1. The van der Waals surface area contributed by atoms with E-state index < -0.39 is 0 Å². The largest absolute Gasteiger partial charge is 0.453 e. The SMILES string of the molecule is Cc1nc(OCC(=O)N(C)C2CCN(Cc3ccccc3)C2)nc(C)c1N. The van der Waals surface area contributed by atoms with Gasteiger partial charge >= 0.3 is 6.01 Å². The van der Waals surface area contributed by atoms with Crippen molar-refractivity contribution in [2.45, 2.75) is 32.9 Å². The van der Waals surface area contributed by atoms with E-state index in [0.29, 0.717) is 17.1 Å². The predicted molar refractivity (Wildman–Crippen MR) is 104 cm³/mol. The lowest BCUT2D eigenvalue weighted by molar-refractivity contribution is -0.134. The van der Waals surface area contributed by atoms with Crippen molar-refractivity contribution >= 4 is 11.6 Å². The molecular formula is C20H27N5O2. The normalized spacial score (nSPS) is 17.1. The van der Waals surface area contributed by atoms with Gasteiger partial charge in [-0.1, -0.05) is 30.3 Å². The Morgan fingerprint density at radius 3 is 2.59 bits per heavy atom. The summed E-state index contributed by atoms with van der Waals surface area (Å²) in [6.07, 6.45) is 0.964. The number of hydrogen-bond acceptors (Lipinski definition) is 6. The van der Waals surface area contributed by atoms with E-state index in [1.54, 1.807) is 18.7 Å². The number of carbonyl (C=O) groups is 1. The molecule has 2 heterocycles. The van der Waals surface area contributed by atoms with E-state index in [9.17, 15) is 4.79 Å². The molecular weight excluding hydrogens is 342 g/mol. The molecule has 1 aliphatic rings. The second-order valence-electron chi connectivity index (χ2n) is 7.05. The first-order chi connectivity index (χ1) is 12.9. The van der Waals surface area contributed by atoms with Crippen LogP contribution in [-0.4, -0.2) is 58.5 Å². The lowest BCUT2D eigenvalue weighted by atomic mass is 10.2. The number of ether oxygens (including phenoxy) is 1. The minimum atomic E-state index is -0.0749. The van der Waals surface area contributed by atoms with Gasteiger partial charge in [-0.2, -0.15) is 9.97 Å². The molecule has 144 valence electrons. The van der Waals surface area contributed by atoms with E-state index in [0.717, 1.165) is 26.1 Å². The maximum Gasteiger partial charge on any atom is 0.317 e. The number of likely N-dealkylation sites (tertiary alicyclic amines) is 1. The summed E-state index contributed by atoms with van der Waals surface area (Å²) in [6.45, 7) is 6.28. The molecule has 2 aromatic rings. The number of benzene rings is 1. The maximum absolute atomic E-state index is 12.5. The average Bonchev–Trinajstić information content (AvgIpc) is 3.12. The molecule has 2 N–H and O–H groups in total. The molecule has 3 rings (SSSR count). The van der Waals surface area contributed by atoms with Gasteiger partial charge < -0.3 is 15.4 Å². The standard InChI is InChI=1S/C20H27N5O2/c1-14-19(21)15(2)23-20(22-14)27-13-18(26)24(3)17-9-10-25(12-17)11-16-7-5-4-6-8-16/h4-8,17H,9-13,21H2,1-3H3. The molecule has 1 aromatic heterocycles. The fourth-order valence-electron chi connectivity index (χ4n) is 3.30. The quantitative estimate of drug-likeness (QED) is 0.836. The molecule has 0 aliphatic carbocycles. The molecule has 0 radical (unpaired) electrons. The van der Waals surface area contributed by atoms with Crippen LogP contribution in [-0.2, 0) is 11.3 Å². The number of aromatic nitrogens is 2. The van der Waals surface area contributed by atoms with Gasteiger partial charge in [0, 0.05) is 32.7 Å². The van der Waals surface area contributed by atoms with Crippen molar-refractivity contribution in [3.63, 3.8) is 0 Å². The summed E-state index contributed by atoms with van der Waals surface area (Å²) in [4.78, 5) is 25.0. The molecule has 1 unspecified atom stereocenters. The molecule has 7 nitrogen and oxygen atoms in total. The molecule has 1 aliphatic heterocycles. The summed E-state index contributed by atoms with van der Waals surface area (Å²) in [6, 6.07) is 10.8. The number of likely N-dealkylation sites (N-methyl/N-ethyl adjacent to an activating group) is 1. The van der Waals surface area contributed by atoms with Crippen molar-refractivity contribution < 1.29 is 9.53 Å². The zero-order valence-electron chi connectivity index (χ0n) is 16.2. The topological polar surface area (TPSA) is 84.6 Å². The Hall–Kier alpha value is -2.67. The summed E-state index contributed by atoms with van der Waals surface area (Å²) in [5.41, 5.74) is 9.01. The summed E-state index contributed by atoms with van der Waals surface area (Å²) in [5.74, 6) is -0.0720. The first-order valence-corrected chi connectivity index (χ1v) is 9.19. The van der Waals surface area contributed by atoms with E-state index in [4.69, 9.17) is 10.5 Å². The van der Waals surface area contributed by atoms with Gasteiger partial charge in [-0.25, -0.2) is 0 Å². The van der Waals surface area contributed by atoms with E-state index >= 15 is 0 Å². The molecule has 1 saturated heterocycles. The zero-order chi connectivity index (χ0) is 19.4. The Morgan fingerprint density at radius 2 is 1.93 bits per heavy atom. The lowest BCUT2D eigenvalue weighted by Gasteiger charge is -2.25. The van der Waals surface area contributed by atoms with Gasteiger partial charge in [0.2, 0.25) is 0 Å². The van der Waals surface area contributed by atoms with Crippen LogP contribution >= 0.6 is 0 Å². The number of hydrogen-bond donors (Lipinski definition) is 1. The second kappa shape index (κ2) is 8.35. The number of carbonyl (C=O) groups excluding carboxylic acids is 1. The first kappa shape index (κ1) is 19.1. The highest BCUT2D eigenvalue weighted by Gasteiger charge is 2.28. The number of amides is 1. The Balaban J connectivity index is 1.50. The Kier molecular flexibility index (Phi) is 5.91. The van der Waals surface area contributed by atoms with Crippen LogP contribution in [0, 0.1) is 13.8 Å². The number of anilines is 1. The summed E-state index contributed by atoms with van der Waals surface area (Å²) in [7, 11) is 1.84. The number of aryl methyl sites for hydroxylation is 2. The molecule has 0 bridgehead atoms. The van der Waals surface area contributed by atoms with E-state index in [1.807, 2.05) is 13.1 Å². The van der Waals surface area contributed by atoms with Crippen molar-refractivity contribution in [1.82, 2.24) is 19.8 Å². The molecule has 7 heteroatoms. The van der Waals surface area contributed by atoms with E-state index in [-0.39, 0.29) is 24.6 Å². The van der Waals surface area contributed by atoms with Crippen molar-refractivity contribution in [2.24, 2.45) is 0 Å². The second-order valence-corrected chi connectivity index (χ2v) is 7.05. The van der Waals surface area contributed by atoms with Gasteiger partial charge in [-0.05, 0) is 25.8 Å². The summed E-state index contributed by atoms with van der Waals surface area (Å²) >= 11 is 0. The molecule has 0 saturated carbocycles. The number of nitrogens with zero attached hydrogens (tertiary/aromatic N) is 4. The fraction of sp³-hybridized carbons (Fsp3) is 0.450. The fourth-order valence-corrected chi connectivity index (χ4v) is 3.30. The lowest BCUT2D eigenvalue weighted by Crippen LogP contribution is -2.41. The van der Waals surface area contributed by atoms with E-state index in [2.05, 4.69) is 39.1 Å². The monoisotopic (exact) mass is 369 g/mol. The van der Waals surface area contributed by atoms with Gasteiger partial charge in [0.15, 0.2) is 6.61 Å². The zero-order valence-corrected chi connectivity index (χ0v) is 16.2. The molecule has 0 spiro atoms. The third-order valence-electron chi connectivity index (χ3n) is 5.07. The van der Waals surface area contributed by atoms with Gasteiger partial charge in [0.05, 0.1) is 17.1 Å². The first-order valence-electron chi connectivity index (χ1n) is 9.19. The van der Waals surface area contributed by atoms with Gasteiger partial charge in [0.25, 0.3) is 5.91 Å². The van der Waals surface area contributed by atoms with Crippen LogP contribution in [0.3, 0.4) is 0 Å². The minimum Gasteiger partial charge on any atom is -0.453 e. The van der Waals surface area contributed by atoms with Crippen LogP contribution in [0.4, 0.5) is 5.69 Å². The van der Waals surface area contributed by atoms with Crippen LogP contribution in [0.2, 0.25) is 0 Å². The van der Waals surface area contributed by atoms with E-state index in [1.165, 1.54) is 5.56 Å². The van der Waals surface area contributed by atoms with Crippen molar-refractivity contribution in [2.75, 3.05) is 32.5 Å². The van der Waals surface area contributed by atoms with Crippen molar-refractivity contribution in [3.05, 3.63) is 47.3 Å². The molecule has 1 aromatic carbocycles. The molecule has 1 atom stereocenters. The van der Waals surface area contributed by atoms with Crippen LogP contribution < -0.4 is 10.5 Å². The summed E-state index contributed by atoms with van der Waals surface area (Å²) in [5, 5.41) is 0. The van der Waals surface area contributed by atoms with Gasteiger partial charge in [0.1, 0.15) is 0 Å². The molecule has 1 fully saturated rings. The van der Waals surface area contributed by atoms with Crippen molar-refractivity contribution in [1.29, 1.82) is 0 Å². The highest BCUT2D eigenvalue weighted by Crippen LogP contribution is 2.18. The Morgan fingerprint density at radius 1 is 1.26 bits per heavy atom. The highest BCUT2D eigenvalue weighted by molar-refractivity contribution is 5.77. The predicted octanol–water partition coefficient (Wildman–Crippen LogP) is 1.79. The molecule has 27 heavy (non-hydrogen) atoms. The Labute approximate surface area is 160 Å². The molecule has 1 amide bonds. The van der Waals surface area contributed by atoms with Crippen molar-refractivity contribution in [3.8, 4) is 6.01 Å². The smallest absolute Gasteiger partial charge is 0.317 e. The van der Waals surface area contributed by atoms with Gasteiger partial charge in [-0.3, -0.25) is 9.69 Å². The Bertz CT molecular complexity index is 773. The van der Waals surface area contributed by atoms with Crippen LogP contribution in [0.15, 0.2) is 30.3 Å². The van der Waals surface area contributed by atoms with Crippen LogP contribution in [0.25, 0.3) is 0 Å². The van der Waals surface area contributed by atoms with Crippen LogP contribution in [0.1, 0.15) is 23.4 Å². The average molecular weight is 369 g/mol. The number of rotatable bonds is 6. The third-order valence-corrected chi connectivity index (χ3v) is 5.07. The van der Waals surface area contributed by atoms with Gasteiger partial charge in [-0.15, -0.1) is 0 Å². The third kappa shape index (κ3) is 4.74.